The number of carbonyl (C=O) groups excluding carboxylic acids is 2. The summed E-state index contributed by atoms with van der Waals surface area (Å²) in [7, 11) is 0. The molecule has 0 aromatic heterocycles. The molecule has 4 nitrogen and oxygen atoms in total. The summed E-state index contributed by atoms with van der Waals surface area (Å²) in [5, 5.41) is 5.63. The zero-order valence-corrected chi connectivity index (χ0v) is 18.7. The minimum Gasteiger partial charge on any atom is -0.325 e. The van der Waals surface area contributed by atoms with Crippen molar-refractivity contribution in [2.75, 3.05) is 10.6 Å². The molecule has 0 spiro atoms. The molecule has 0 heterocycles. The Morgan fingerprint density at radius 2 is 1.48 bits per heavy atom. The lowest BCUT2D eigenvalue weighted by Gasteiger charge is -2.15. The molecule has 0 aliphatic carbocycles. The normalized spacial score (nSPS) is 11.8. The fourth-order valence-corrected chi connectivity index (χ4v) is 3.90. The van der Waals surface area contributed by atoms with Gasteiger partial charge in [0.25, 0.3) is 0 Å². The highest BCUT2D eigenvalue weighted by Gasteiger charge is 2.16. The van der Waals surface area contributed by atoms with Crippen LogP contribution in [0.15, 0.2) is 83.8 Å². The van der Waals surface area contributed by atoms with Gasteiger partial charge in [-0.15, -0.1) is 11.8 Å². The summed E-state index contributed by atoms with van der Waals surface area (Å²) >= 11 is 1.48. The summed E-state index contributed by atoms with van der Waals surface area (Å²) in [6, 6.07) is 23.1. The van der Waals surface area contributed by atoms with Crippen molar-refractivity contribution in [3.63, 3.8) is 0 Å². The summed E-state index contributed by atoms with van der Waals surface area (Å²) < 4.78 is 0. The van der Waals surface area contributed by atoms with Crippen LogP contribution in [0.2, 0.25) is 0 Å². The van der Waals surface area contributed by atoms with Gasteiger partial charge < -0.3 is 10.6 Å². The van der Waals surface area contributed by atoms with E-state index in [1.54, 1.807) is 6.08 Å². The van der Waals surface area contributed by atoms with Crippen molar-refractivity contribution in [2.24, 2.45) is 0 Å². The fourth-order valence-electron chi connectivity index (χ4n) is 3.03. The Morgan fingerprint density at radius 3 is 2.13 bits per heavy atom. The van der Waals surface area contributed by atoms with Crippen LogP contribution in [0.1, 0.15) is 23.6 Å². The third kappa shape index (κ3) is 6.59. The molecule has 0 radical (unpaired) electrons. The van der Waals surface area contributed by atoms with Crippen molar-refractivity contribution < 1.29 is 9.59 Å². The van der Waals surface area contributed by atoms with Crippen LogP contribution < -0.4 is 10.6 Å². The van der Waals surface area contributed by atoms with E-state index in [0.29, 0.717) is 5.69 Å². The van der Waals surface area contributed by atoms with Crippen LogP contribution >= 0.6 is 11.8 Å². The van der Waals surface area contributed by atoms with E-state index in [2.05, 4.69) is 10.6 Å². The molecule has 3 rings (SSSR count). The summed E-state index contributed by atoms with van der Waals surface area (Å²) in [5.41, 5.74) is 4.65. The third-order valence-electron chi connectivity index (χ3n) is 4.76. The summed E-state index contributed by atoms with van der Waals surface area (Å²) in [5.74, 6) is -0.226. The zero-order chi connectivity index (χ0) is 22.2. The monoisotopic (exact) mass is 430 g/mol. The lowest BCUT2D eigenvalue weighted by Crippen LogP contribution is -2.23. The Labute approximate surface area is 187 Å². The van der Waals surface area contributed by atoms with Gasteiger partial charge in [0.15, 0.2) is 0 Å². The molecular weight excluding hydrogens is 404 g/mol. The summed E-state index contributed by atoms with van der Waals surface area (Å²) in [6.45, 7) is 5.86. The number of anilines is 2. The molecule has 5 heteroatoms. The lowest BCUT2D eigenvalue weighted by atomic mass is 10.1. The number of rotatable bonds is 7. The van der Waals surface area contributed by atoms with E-state index >= 15 is 0 Å². The van der Waals surface area contributed by atoms with Gasteiger partial charge in [0.2, 0.25) is 11.8 Å². The Kier molecular flexibility index (Phi) is 7.68. The molecule has 2 amide bonds. The number of carbonyl (C=O) groups is 2. The molecule has 0 aliphatic rings. The molecule has 0 aliphatic heterocycles. The maximum absolute atomic E-state index is 12.6. The maximum Gasteiger partial charge on any atom is 0.248 e. The quantitative estimate of drug-likeness (QED) is 0.353. The van der Waals surface area contributed by atoms with Crippen molar-refractivity contribution in [3.05, 3.63) is 95.6 Å². The van der Waals surface area contributed by atoms with Gasteiger partial charge in [-0.3, -0.25) is 9.59 Å². The van der Waals surface area contributed by atoms with Gasteiger partial charge >= 0.3 is 0 Å². The molecule has 3 aromatic rings. The van der Waals surface area contributed by atoms with E-state index in [4.69, 9.17) is 0 Å². The average Bonchev–Trinajstić information content (AvgIpc) is 2.77. The van der Waals surface area contributed by atoms with Gasteiger partial charge in [-0.1, -0.05) is 48.5 Å². The SMILES string of the molecule is Cc1cccc(C)c1NC(=O)C(C)Sc1ccc(NC(=O)/C=C/c2ccccc2)cc1. The van der Waals surface area contributed by atoms with Crippen molar-refractivity contribution in [1.29, 1.82) is 0 Å². The van der Waals surface area contributed by atoms with E-state index < -0.39 is 0 Å². The van der Waals surface area contributed by atoms with E-state index in [9.17, 15) is 9.59 Å². The summed E-state index contributed by atoms with van der Waals surface area (Å²) in [4.78, 5) is 25.7. The first-order chi connectivity index (χ1) is 14.9. The maximum atomic E-state index is 12.6. The molecule has 158 valence electrons. The predicted molar refractivity (Wildman–Crippen MR) is 130 cm³/mol. The van der Waals surface area contributed by atoms with Crippen LogP contribution in [-0.2, 0) is 9.59 Å². The van der Waals surface area contributed by atoms with Crippen LogP contribution in [0.25, 0.3) is 6.08 Å². The van der Waals surface area contributed by atoms with Crippen LogP contribution in [0, 0.1) is 13.8 Å². The van der Waals surface area contributed by atoms with Crippen molar-refractivity contribution in [2.45, 2.75) is 30.9 Å². The molecule has 0 saturated carbocycles. The first-order valence-electron chi connectivity index (χ1n) is 10.1. The number of benzene rings is 3. The highest BCUT2D eigenvalue weighted by atomic mass is 32.2. The number of aryl methyl sites for hydroxylation is 2. The minimum absolute atomic E-state index is 0.0363. The molecular formula is C26H26N2O2S. The Balaban J connectivity index is 1.54. The standard InChI is InChI=1S/C26H26N2O2S/c1-18-8-7-9-19(2)25(18)28-26(30)20(3)31-23-15-13-22(14-16-23)27-24(29)17-12-21-10-5-4-6-11-21/h4-17,20H,1-3H3,(H,27,29)(H,28,30)/b17-12+. The van der Waals surface area contributed by atoms with Gasteiger partial charge in [-0.2, -0.15) is 0 Å². The highest BCUT2D eigenvalue weighted by Crippen LogP contribution is 2.27. The van der Waals surface area contributed by atoms with Gasteiger partial charge in [-0.05, 0) is 67.8 Å². The first-order valence-corrected chi connectivity index (χ1v) is 11.0. The van der Waals surface area contributed by atoms with Crippen LogP contribution in [0.4, 0.5) is 11.4 Å². The average molecular weight is 431 g/mol. The van der Waals surface area contributed by atoms with E-state index in [0.717, 1.165) is 27.3 Å². The third-order valence-corrected chi connectivity index (χ3v) is 5.87. The Hall–Kier alpha value is -3.31. The molecule has 3 aromatic carbocycles. The van der Waals surface area contributed by atoms with E-state index in [1.807, 2.05) is 93.6 Å². The van der Waals surface area contributed by atoms with Crippen LogP contribution in [0.5, 0.6) is 0 Å². The zero-order valence-electron chi connectivity index (χ0n) is 17.9. The Morgan fingerprint density at radius 1 is 0.839 bits per heavy atom. The number of nitrogens with one attached hydrogen (secondary N) is 2. The molecule has 1 unspecified atom stereocenters. The van der Waals surface area contributed by atoms with Crippen LogP contribution in [0.3, 0.4) is 0 Å². The molecule has 1 atom stereocenters. The van der Waals surface area contributed by atoms with E-state index in [-0.39, 0.29) is 17.1 Å². The van der Waals surface area contributed by atoms with E-state index in [1.165, 1.54) is 17.8 Å². The minimum atomic E-state index is -0.256. The first kappa shape index (κ1) is 22.4. The number of thioether (sulfide) groups is 1. The van der Waals surface area contributed by atoms with Crippen LogP contribution in [-0.4, -0.2) is 17.1 Å². The topological polar surface area (TPSA) is 58.2 Å². The van der Waals surface area contributed by atoms with Gasteiger partial charge in [0, 0.05) is 22.3 Å². The number of hydrogen-bond donors (Lipinski definition) is 2. The number of para-hydroxylation sites is 1. The molecule has 31 heavy (non-hydrogen) atoms. The predicted octanol–water partition coefficient (Wildman–Crippen LogP) is 6.07. The van der Waals surface area contributed by atoms with Crippen molar-refractivity contribution >= 4 is 41.0 Å². The molecule has 0 fully saturated rings. The molecule has 0 bridgehead atoms. The molecule has 2 N–H and O–H groups in total. The highest BCUT2D eigenvalue weighted by molar-refractivity contribution is 8.00. The van der Waals surface area contributed by atoms with Crippen molar-refractivity contribution in [1.82, 2.24) is 0 Å². The Bertz CT molecular complexity index is 1060. The van der Waals surface area contributed by atoms with Gasteiger partial charge in [0.1, 0.15) is 0 Å². The second-order valence-electron chi connectivity index (χ2n) is 7.27. The lowest BCUT2D eigenvalue weighted by molar-refractivity contribution is -0.115. The largest absolute Gasteiger partial charge is 0.325 e. The van der Waals surface area contributed by atoms with Gasteiger partial charge in [-0.25, -0.2) is 0 Å². The smallest absolute Gasteiger partial charge is 0.248 e. The van der Waals surface area contributed by atoms with Crippen molar-refractivity contribution in [3.8, 4) is 0 Å². The summed E-state index contributed by atoms with van der Waals surface area (Å²) in [6.07, 6.45) is 3.29. The number of hydrogen-bond acceptors (Lipinski definition) is 3. The molecule has 0 saturated heterocycles. The van der Waals surface area contributed by atoms with Gasteiger partial charge in [0.05, 0.1) is 5.25 Å². The second kappa shape index (κ2) is 10.6. The second-order valence-corrected chi connectivity index (χ2v) is 8.69. The fraction of sp³-hybridized carbons (Fsp3) is 0.154. The number of amides is 2.